The van der Waals surface area contributed by atoms with E-state index in [0.29, 0.717) is 17.6 Å². The van der Waals surface area contributed by atoms with E-state index >= 15 is 0 Å². The van der Waals surface area contributed by atoms with E-state index in [2.05, 4.69) is 29.2 Å². The molecule has 1 heterocycles. The summed E-state index contributed by atoms with van der Waals surface area (Å²) in [4.78, 5) is 2.55. The number of phenols is 1. The van der Waals surface area contributed by atoms with Crippen LogP contribution >= 0.6 is 0 Å². The summed E-state index contributed by atoms with van der Waals surface area (Å²) >= 11 is 0. The van der Waals surface area contributed by atoms with Gasteiger partial charge in [0.1, 0.15) is 5.75 Å². The second-order valence-electron chi connectivity index (χ2n) is 7.99. The second-order valence-corrected chi connectivity index (χ2v) is 7.99. The Labute approximate surface area is 149 Å². The molecule has 3 heteroatoms. The molecule has 1 aliphatic heterocycles. The lowest BCUT2D eigenvalue weighted by atomic mass is 9.91. The molecule has 2 N–H and O–H groups in total. The zero-order chi connectivity index (χ0) is 17.3. The normalized spacial score (nSPS) is 29.0. The third-order valence-corrected chi connectivity index (χ3v) is 5.97. The molecule has 2 aliphatic rings. The molecule has 132 valence electrons. The van der Waals surface area contributed by atoms with Crippen LogP contribution in [0.15, 0.2) is 54.6 Å². The van der Waals surface area contributed by atoms with Crippen molar-refractivity contribution in [1.82, 2.24) is 4.90 Å². The molecule has 0 aromatic heterocycles. The van der Waals surface area contributed by atoms with Gasteiger partial charge in [0.2, 0.25) is 0 Å². The zero-order valence-corrected chi connectivity index (χ0v) is 14.6. The monoisotopic (exact) mass is 337 g/mol. The summed E-state index contributed by atoms with van der Waals surface area (Å²) in [5.41, 5.74) is 2.00. The number of rotatable bonds is 5. The second kappa shape index (κ2) is 6.81. The van der Waals surface area contributed by atoms with Gasteiger partial charge in [0.05, 0.1) is 5.60 Å². The average molecular weight is 337 g/mol. The maximum absolute atomic E-state index is 11.0. The Hall–Kier alpha value is -1.84. The first-order valence-electron chi connectivity index (χ1n) is 9.36. The van der Waals surface area contributed by atoms with E-state index in [1.807, 2.05) is 18.2 Å². The van der Waals surface area contributed by atoms with E-state index in [4.69, 9.17) is 0 Å². The molecule has 2 aromatic rings. The van der Waals surface area contributed by atoms with Crippen molar-refractivity contribution in [2.75, 3.05) is 19.6 Å². The van der Waals surface area contributed by atoms with Crippen LogP contribution in [-0.2, 0) is 12.8 Å². The molecule has 0 amide bonds. The van der Waals surface area contributed by atoms with Crippen molar-refractivity contribution < 1.29 is 10.2 Å². The van der Waals surface area contributed by atoms with Gasteiger partial charge >= 0.3 is 0 Å². The number of nitrogens with zero attached hydrogens (tertiary/aromatic N) is 1. The molecular weight excluding hydrogens is 310 g/mol. The van der Waals surface area contributed by atoms with Crippen LogP contribution < -0.4 is 0 Å². The van der Waals surface area contributed by atoms with Gasteiger partial charge in [-0.15, -0.1) is 0 Å². The van der Waals surface area contributed by atoms with Crippen molar-refractivity contribution in [1.29, 1.82) is 0 Å². The van der Waals surface area contributed by atoms with Crippen molar-refractivity contribution in [2.24, 2.45) is 11.8 Å². The number of aromatic hydroxyl groups is 1. The van der Waals surface area contributed by atoms with Gasteiger partial charge in [-0.25, -0.2) is 0 Å². The minimum atomic E-state index is -0.514. The fraction of sp³-hybridized carbons (Fsp3) is 0.455. The van der Waals surface area contributed by atoms with Crippen LogP contribution in [0, 0.1) is 11.8 Å². The van der Waals surface area contributed by atoms with Gasteiger partial charge in [-0.2, -0.15) is 0 Å². The maximum Gasteiger partial charge on any atom is 0.115 e. The molecular formula is C22H27NO2. The summed E-state index contributed by atoms with van der Waals surface area (Å²) in [6, 6.07) is 17.9. The molecule has 0 spiro atoms. The molecule has 2 fully saturated rings. The average Bonchev–Trinajstić information content (AvgIpc) is 3.09. The largest absolute Gasteiger partial charge is 0.508 e. The van der Waals surface area contributed by atoms with Crippen molar-refractivity contribution >= 4 is 0 Å². The highest BCUT2D eigenvalue weighted by molar-refractivity contribution is 5.26. The van der Waals surface area contributed by atoms with Crippen LogP contribution in [0.5, 0.6) is 5.75 Å². The van der Waals surface area contributed by atoms with Gasteiger partial charge in [-0.3, -0.25) is 0 Å². The lowest BCUT2D eigenvalue weighted by Gasteiger charge is -2.26. The van der Waals surface area contributed by atoms with Gasteiger partial charge in [-0.1, -0.05) is 42.5 Å². The van der Waals surface area contributed by atoms with E-state index < -0.39 is 5.60 Å². The molecule has 1 aliphatic carbocycles. The van der Waals surface area contributed by atoms with Crippen LogP contribution in [0.2, 0.25) is 0 Å². The van der Waals surface area contributed by atoms with Crippen molar-refractivity contribution in [3.8, 4) is 5.75 Å². The Kier molecular flexibility index (Phi) is 4.53. The van der Waals surface area contributed by atoms with Crippen molar-refractivity contribution in [3.63, 3.8) is 0 Å². The minimum absolute atomic E-state index is 0.331. The SMILES string of the molecule is Oc1ccc(CCN2C[C@@H]3CC(O)(Cc4ccccc4)C[C@@H]3C2)cc1. The van der Waals surface area contributed by atoms with Gasteiger partial charge in [0.15, 0.2) is 0 Å². The van der Waals surface area contributed by atoms with Crippen molar-refractivity contribution in [3.05, 3.63) is 65.7 Å². The molecule has 25 heavy (non-hydrogen) atoms. The van der Waals surface area contributed by atoms with E-state index in [-0.39, 0.29) is 0 Å². The summed E-state index contributed by atoms with van der Waals surface area (Å²) in [7, 11) is 0. The lowest BCUT2D eigenvalue weighted by molar-refractivity contribution is 0.0355. The number of hydrogen-bond donors (Lipinski definition) is 2. The third-order valence-electron chi connectivity index (χ3n) is 5.97. The third kappa shape index (κ3) is 3.88. The van der Waals surface area contributed by atoms with E-state index in [9.17, 15) is 10.2 Å². The van der Waals surface area contributed by atoms with Crippen LogP contribution in [-0.4, -0.2) is 40.3 Å². The highest BCUT2D eigenvalue weighted by Gasteiger charge is 2.47. The molecule has 1 saturated heterocycles. The topological polar surface area (TPSA) is 43.7 Å². The predicted molar refractivity (Wildman–Crippen MR) is 99.6 cm³/mol. The van der Waals surface area contributed by atoms with E-state index in [1.165, 1.54) is 11.1 Å². The molecule has 1 unspecified atom stereocenters. The first-order chi connectivity index (χ1) is 12.1. The number of hydrogen-bond acceptors (Lipinski definition) is 3. The summed E-state index contributed by atoms with van der Waals surface area (Å²) in [5, 5.41) is 20.4. The van der Waals surface area contributed by atoms with Crippen LogP contribution in [0.3, 0.4) is 0 Å². The molecule has 2 aromatic carbocycles. The van der Waals surface area contributed by atoms with E-state index in [0.717, 1.165) is 45.3 Å². The molecule has 3 nitrogen and oxygen atoms in total. The quantitative estimate of drug-likeness (QED) is 0.880. The van der Waals surface area contributed by atoms with Gasteiger partial charge in [0.25, 0.3) is 0 Å². The molecule has 1 saturated carbocycles. The Balaban J connectivity index is 1.29. The van der Waals surface area contributed by atoms with Crippen LogP contribution in [0.1, 0.15) is 24.0 Å². The highest BCUT2D eigenvalue weighted by Crippen LogP contribution is 2.45. The summed E-state index contributed by atoms with van der Waals surface area (Å²) in [5.74, 6) is 1.60. The predicted octanol–water partition coefficient (Wildman–Crippen LogP) is 3.25. The van der Waals surface area contributed by atoms with Gasteiger partial charge < -0.3 is 15.1 Å². The summed E-state index contributed by atoms with van der Waals surface area (Å²) in [6.07, 6.45) is 3.67. The van der Waals surface area contributed by atoms with Gasteiger partial charge in [0, 0.05) is 26.1 Å². The number of benzene rings is 2. The number of aliphatic hydroxyl groups is 1. The maximum atomic E-state index is 11.0. The number of likely N-dealkylation sites (tertiary alicyclic amines) is 1. The fourth-order valence-corrected chi connectivity index (χ4v) is 4.81. The fourth-order valence-electron chi connectivity index (χ4n) is 4.81. The molecule has 0 bridgehead atoms. The Morgan fingerprint density at radius 3 is 2.16 bits per heavy atom. The first-order valence-corrected chi connectivity index (χ1v) is 9.36. The number of fused-ring (bicyclic) bond motifs is 1. The van der Waals surface area contributed by atoms with Crippen LogP contribution in [0.25, 0.3) is 0 Å². The van der Waals surface area contributed by atoms with Crippen LogP contribution in [0.4, 0.5) is 0 Å². The Morgan fingerprint density at radius 2 is 1.52 bits per heavy atom. The summed E-state index contributed by atoms with van der Waals surface area (Å²) in [6.45, 7) is 3.29. The van der Waals surface area contributed by atoms with E-state index in [1.54, 1.807) is 12.1 Å². The Morgan fingerprint density at radius 1 is 0.880 bits per heavy atom. The molecule has 4 rings (SSSR count). The highest BCUT2D eigenvalue weighted by atomic mass is 16.3. The Bertz CT molecular complexity index is 684. The lowest BCUT2D eigenvalue weighted by Crippen LogP contribution is -2.32. The zero-order valence-electron chi connectivity index (χ0n) is 14.6. The number of phenolic OH excluding ortho intramolecular Hbond substituents is 1. The molecule has 0 radical (unpaired) electrons. The minimum Gasteiger partial charge on any atom is -0.508 e. The summed E-state index contributed by atoms with van der Waals surface area (Å²) < 4.78 is 0. The van der Waals surface area contributed by atoms with Gasteiger partial charge in [-0.05, 0) is 54.4 Å². The molecule has 3 atom stereocenters. The van der Waals surface area contributed by atoms with Crippen molar-refractivity contribution in [2.45, 2.75) is 31.3 Å². The smallest absolute Gasteiger partial charge is 0.115 e. The first kappa shape index (κ1) is 16.6. The standard InChI is InChI=1S/C22H27NO2/c24-21-8-6-17(7-9-21)10-11-23-15-19-13-22(25,14-20(19)16-23)12-18-4-2-1-3-5-18/h1-9,19-20,24-25H,10-16H2/t19-,20+,22?.